The summed E-state index contributed by atoms with van der Waals surface area (Å²) in [6.07, 6.45) is 10.4. The molecule has 0 heterocycles. The molecule has 4 nitrogen and oxygen atoms in total. The average Bonchev–Trinajstić information content (AvgIpc) is 2.57. The van der Waals surface area contributed by atoms with E-state index in [4.69, 9.17) is 9.47 Å². The molecule has 4 heteroatoms. The Morgan fingerprint density at radius 3 is 2.22 bits per heavy atom. The van der Waals surface area contributed by atoms with Crippen LogP contribution in [0.1, 0.15) is 64.7 Å². The van der Waals surface area contributed by atoms with Crippen molar-refractivity contribution in [2.24, 2.45) is 0 Å². The lowest BCUT2D eigenvalue weighted by Crippen LogP contribution is -2.12. The quantitative estimate of drug-likeness (QED) is 0.540. The molecule has 0 bridgehead atoms. The second kappa shape index (κ2) is 11.8. The molecule has 0 spiro atoms. The van der Waals surface area contributed by atoms with Gasteiger partial charge in [-0.1, -0.05) is 51.9 Å². The van der Waals surface area contributed by atoms with Gasteiger partial charge >= 0.3 is 0 Å². The van der Waals surface area contributed by atoms with Gasteiger partial charge in [-0.15, -0.1) is 0 Å². The topological polar surface area (TPSA) is 47.6 Å². The van der Waals surface area contributed by atoms with E-state index in [1.54, 1.807) is 26.4 Å². The molecule has 23 heavy (non-hydrogen) atoms. The SMILES string of the molecule is CCCCCCCCCCC(=O)Nc1cc(OC)ccc1OC. The number of nitrogens with one attached hydrogen (secondary N) is 1. The van der Waals surface area contributed by atoms with Gasteiger partial charge in [0.1, 0.15) is 11.5 Å². The van der Waals surface area contributed by atoms with Gasteiger partial charge in [-0.05, 0) is 18.6 Å². The first kappa shape index (κ1) is 19.3. The Morgan fingerprint density at radius 1 is 0.957 bits per heavy atom. The first-order valence-corrected chi connectivity index (χ1v) is 8.73. The Balaban J connectivity index is 2.26. The largest absolute Gasteiger partial charge is 0.497 e. The molecule has 1 aromatic carbocycles. The molecule has 130 valence electrons. The maximum atomic E-state index is 12.0. The molecular weight excluding hydrogens is 290 g/mol. The summed E-state index contributed by atoms with van der Waals surface area (Å²) in [4.78, 5) is 12.0. The molecule has 0 unspecified atom stereocenters. The molecule has 1 N–H and O–H groups in total. The number of ether oxygens (including phenoxy) is 2. The molecule has 1 rings (SSSR count). The fourth-order valence-corrected chi connectivity index (χ4v) is 2.54. The summed E-state index contributed by atoms with van der Waals surface area (Å²) < 4.78 is 10.4. The minimum atomic E-state index is 0.0301. The molecule has 0 saturated heterocycles. The van der Waals surface area contributed by atoms with E-state index in [0.717, 1.165) is 12.8 Å². The predicted octanol–water partition coefficient (Wildman–Crippen LogP) is 5.17. The lowest BCUT2D eigenvalue weighted by Gasteiger charge is -2.11. The molecule has 0 fully saturated rings. The zero-order valence-corrected chi connectivity index (χ0v) is 14.8. The highest BCUT2D eigenvalue weighted by molar-refractivity contribution is 5.92. The zero-order chi connectivity index (χ0) is 16.9. The van der Waals surface area contributed by atoms with Crippen molar-refractivity contribution in [3.8, 4) is 11.5 Å². The Labute approximate surface area is 140 Å². The molecule has 0 aliphatic rings. The van der Waals surface area contributed by atoms with Crippen LogP contribution < -0.4 is 14.8 Å². The molecule has 0 aliphatic heterocycles. The summed E-state index contributed by atoms with van der Waals surface area (Å²) in [7, 11) is 3.20. The van der Waals surface area contributed by atoms with Crippen LogP contribution in [-0.4, -0.2) is 20.1 Å². The molecule has 0 aromatic heterocycles. The lowest BCUT2D eigenvalue weighted by molar-refractivity contribution is -0.116. The van der Waals surface area contributed by atoms with Crippen LogP contribution in [0.25, 0.3) is 0 Å². The molecule has 1 aromatic rings. The smallest absolute Gasteiger partial charge is 0.224 e. The second-order valence-corrected chi connectivity index (χ2v) is 5.84. The lowest BCUT2D eigenvalue weighted by atomic mass is 10.1. The Bertz CT molecular complexity index is 460. The highest BCUT2D eigenvalue weighted by Gasteiger charge is 2.08. The van der Waals surface area contributed by atoms with Crippen LogP contribution in [0.3, 0.4) is 0 Å². The van der Waals surface area contributed by atoms with E-state index in [2.05, 4.69) is 12.2 Å². The van der Waals surface area contributed by atoms with Crippen molar-refractivity contribution in [2.45, 2.75) is 64.7 Å². The number of methoxy groups -OCH3 is 2. The molecule has 0 aliphatic carbocycles. The number of carbonyl (C=O) groups is 1. The number of rotatable bonds is 12. The Hall–Kier alpha value is -1.71. The highest BCUT2D eigenvalue weighted by atomic mass is 16.5. The molecular formula is C19H31NO3. The highest BCUT2D eigenvalue weighted by Crippen LogP contribution is 2.29. The fraction of sp³-hybridized carbons (Fsp3) is 0.632. The number of unbranched alkanes of at least 4 members (excludes halogenated alkanes) is 7. The summed E-state index contributed by atoms with van der Waals surface area (Å²) in [6, 6.07) is 5.39. The summed E-state index contributed by atoms with van der Waals surface area (Å²) in [5.41, 5.74) is 0.663. The molecule has 0 atom stereocenters. The van der Waals surface area contributed by atoms with Crippen molar-refractivity contribution in [1.29, 1.82) is 0 Å². The number of hydrogen-bond donors (Lipinski definition) is 1. The fourth-order valence-electron chi connectivity index (χ4n) is 2.54. The third-order valence-electron chi connectivity index (χ3n) is 3.94. The van der Waals surface area contributed by atoms with Crippen LogP contribution in [0.5, 0.6) is 11.5 Å². The van der Waals surface area contributed by atoms with Crippen LogP contribution in [0, 0.1) is 0 Å². The minimum absolute atomic E-state index is 0.0301. The van der Waals surface area contributed by atoms with E-state index < -0.39 is 0 Å². The van der Waals surface area contributed by atoms with Crippen molar-refractivity contribution in [3.63, 3.8) is 0 Å². The van der Waals surface area contributed by atoms with Gasteiger partial charge in [-0.3, -0.25) is 4.79 Å². The van der Waals surface area contributed by atoms with Crippen molar-refractivity contribution in [1.82, 2.24) is 0 Å². The number of anilines is 1. The Morgan fingerprint density at radius 2 is 1.61 bits per heavy atom. The maximum absolute atomic E-state index is 12.0. The molecule has 0 radical (unpaired) electrons. The van der Waals surface area contributed by atoms with Gasteiger partial charge in [0.15, 0.2) is 0 Å². The maximum Gasteiger partial charge on any atom is 0.224 e. The van der Waals surface area contributed by atoms with Crippen LogP contribution in [0.4, 0.5) is 5.69 Å². The number of benzene rings is 1. The first-order valence-electron chi connectivity index (χ1n) is 8.73. The van der Waals surface area contributed by atoms with Crippen LogP contribution >= 0.6 is 0 Å². The van der Waals surface area contributed by atoms with Crippen LogP contribution in [0.2, 0.25) is 0 Å². The van der Waals surface area contributed by atoms with E-state index in [9.17, 15) is 4.79 Å². The average molecular weight is 321 g/mol. The van der Waals surface area contributed by atoms with E-state index >= 15 is 0 Å². The Kier molecular flexibility index (Phi) is 9.92. The second-order valence-electron chi connectivity index (χ2n) is 5.84. The third kappa shape index (κ3) is 7.91. The summed E-state index contributed by atoms with van der Waals surface area (Å²) in [6.45, 7) is 2.23. The standard InChI is InChI=1S/C19H31NO3/c1-4-5-6-7-8-9-10-11-12-19(21)20-17-15-16(22-2)13-14-18(17)23-3/h13-15H,4-12H2,1-3H3,(H,20,21). The minimum Gasteiger partial charge on any atom is -0.497 e. The van der Waals surface area contributed by atoms with Gasteiger partial charge in [0, 0.05) is 12.5 Å². The number of hydrogen-bond acceptors (Lipinski definition) is 3. The van der Waals surface area contributed by atoms with Gasteiger partial charge in [0.05, 0.1) is 19.9 Å². The van der Waals surface area contributed by atoms with Crippen molar-refractivity contribution >= 4 is 11.6 Å². The van der Waals surface area contributed by atoms with Gasteiger partial charge in [0.2, 0.25) is 5.91 Å². The normalized spacial score (nSPS) is 10.4. The van der Waals surface area contributed by atoms with Crippen molar-refractivity contribution < 1.29 is 14.3 Å². The third-order valence-corrected chi connectivity index (χ3v) is 3.94. The van der Waals surface area contributed by atoms with E-state index in [1.165, 1.54) is 38.5 Å². The molecule has 1 amide bonds. The van der Waals surface area contributed by atoms with E-state index in [1.807, 2.05) is 6.07 Å². The van der Waals surface area contributed by atoms with E-state index in [0.29, 0.717) is 23.6 Å². The van der Waals surface area contributed by atoms with Gasteiger partial charge in [-0.2, -0.15) is 0 Å². The summed E-state index contributed by atoms with van der Waals surface area (Å²) >= 11 is 0. The van der Waals surface area contributed by atoms with Gasteiger partial charge < -0.3 is 14.8 Å². The summed E-state index contributed by atoms with van der Waals surface area (Å²) in [5, 5.41) is 2.91. The van der Waals surface area contributed by atoms with Crippen molar-refractivity contribution in [3.05, 3.63) is 18.2 Å². The summed E-state index contributed by atoms with van der Waals surface area (Å²) in [5.74, 6) is 1.38. The van der Waals surface area contributed by atoms with Crippen molar-refractivity contribution in [2.75, 3.05) is 19.5 Å². The predicted molar refractivity (Wildman–Crippen MR) is 95.4 cm³/mol. The number of amides is 1. The van der Waals surface area contributed by atoms with Gasteiger partial charge in [-0.25, -0.2) is 0 Å². The monoisotopic (exact) mass is 321 g/mol. The van der Waals surface area contributed by atoms with Gasteiger partial charge in [0.25, 0.3) is 0 Å². The molecule has 0 saturated carbocycles. The van der Waals surface area contributed by atoms with Crippen LogP contribution in [0.15, 0.2) is 18.2 Å². The zero-order valence-electron chi connectivity index (χ0n) is 14.8. The van der Waals surface area contributed by atoms with Crippen LogP contribution in [-0.2, 0) is 4.79 Å². The number of carbonyl (C=O) groups excluding carboxylic acids is 1. The van der Waals surface area contributed by atoms with E-state index in [-0.39, 0.29) is 5.91 Å². The first-order chi connectivity index (χ1) is 11.2.